The molecular formula is C23H27N3O4. The summed E-state index contributed by atoms with van der Waals surface area (Å²) in [4.78, 5) is 29.0. The molecule has 0 aliphatic carbocycles. The number of carbonyl (C=O) groups is 2. The van der Waals surface area contributed by atoms with Crippen molar-refractivity contribution in [2.75, 3.05) is 19.0 Å². The van der Waals surface area contributed by atoms with Gasteiger partial charge in [-0.2, -0.15) is 0 Å². The number of aryl methyl sites for hydroxylation is 1. The van der Waals surface area contributed by atoms with Gasteiger partial charge in [-0.15, -0.1) is 0 Å². The molecule has 7 nitrogen and oxygen atoms in total. The third-order valence-corrected chi connectivity index (χ3v) is 4.96. The normalized spacial score (nSPS) is 15.4. The molecule has 2 aromatic carbocycles. The number of rotatable bonds is 6. The minimum Gasteiger partial charge on any atom is -0.496 e. The zero-order chi connectivity index (χ0) is 21.7. The summed E-state index contributed by atoms with van der Waals surface area (Å²) < 4.78 is 10.8. The number of benzene rings is 2. The fourth-order valence-electron chi connectivity index (χ4n) is 3.41. The molecule has 7 heteroatoms. The van der Waals surface area contributed by atoms with Crippen LogP contribution in [0, 0.1) is 6.92 Å². The molecule has 1 atom stereocenters. The number of aliphatic imine (C=N–C) groups is 1. The Labute approximate surface area is 176 Å². The van der Waals surface area contributed by atoms with Crippen molar-refractivity contribution in [1.29, 1.82) is 0 Å². The highest BCUT2D eigenvalue weighted by atomic mass is 16.5. The largest absolute Gasteiger partial charge is 0.496 e. The highest BCUT2D eigenvalue weighted by molar-refractivity contribution is 6.39. The van der Waals surface area contributed by atoms with E-state index in [0.717, 1.165) is 16.7 Å². The summed E-state index contributed by atoms with van der Waals surface area (Å²) >= 11 is 0. The third-order valence-electron chi connectivity index (χ3n) is 4.96. The second-order valence-corrected chi connectivity index (χ2v) is 7.95. The molecule has 2 amide bonds. The fourth-order valence-corrected chi connectivity index (χ4v) is 3.41. The molecule has 1 aliphatic heterocycles. The van der Waals surface area contributed by atoms with Crippen molar-refractivity contribution in [1.82, 2.24) is 5.32 Å². The lowest BCUT2D eigenvalue weighted by Crippen LogP contribution is -2.49. The number of carbonyl (C=O) groups excluding carboxylic acids is 2. The molecule has 1 heterocycles. The molecule has 0 fully saturated rings. The van der Waals surface area contributed by atoms with Crippen LogP contribution in [0.25, 0.3) is 0 Å². The molecule has 0 saturated carbocycles. The predicted octanol–water partition coefficient (Wildman–Crippen LogP) is 3.18. The van der Waals surface area contributed by atoms with Crippen LogP contribution < -0.4 is 15.4 Å². The van der Waals surface area contributed by atoms with E-state index in [1.165, 1.54) is 6.40 Å². The van der Waals surface area contributed by atoms with Crippen LogP contribution in [0.2, 0.25) is 0 Å². The van der Waals surface area contributed by atoms with Crippen molar-refractivity contribution in [3.05, 3.63) is 59.2 Å². The number of nitrogens with zero attached hydrogens (tertiary/aromatic N) is 1. The lowest BCUT2D eigenvalue weighted by Gasteiger charge is -2.27. The van der Waals surface area contributed by atoms with E-state index < -0.39 is 17.4 Å². The third kappa shape index (κ3) is 5.17. The molecule has 0 spiro atoms. The van der Waals surface area contributed by atoms with Crippen LogP contribution in [0.15, 0.2) is 47.5 Å². The molecule has 2 N–H and O–H groups in total. The average molecular weight is 409 g/mol. The average Bonchev–Trinajstić information content (AvgIpc) is 3.23. The second kappa shape index (κ2) is 8.98. The number of methoxy groups -OCH3 is 1. The van der Waals surface area contributed by atoms with Crippen LogP contribution >= 0.6 is 0 Å². The first-order valence-corrected chi connectivity index (χ1v) is 9.79. The van der Waals surface area contributed by atoms with Gasteiger partial charge in [0.1, 0.15) is 11.9 Å². The van der Waals surface area contributed by atoms with Crippen molar-refractivity contribution in [3.63, 3.8) is 0 Å². The van der Waals surface area contributed by atoms with Crippen molar-refractivity contribution >= 4 is 23.9 Å². The van der Waals surface area contributed by atoms with E-state index in [1.54, 1.807) is 25.3 Å². The summed E-state index contributed by atoms with van der Waals surface area (Å²) in [6, 6.07) is 13.2. The van der Waals surface area contributed by atoms with E-state index in [-0.39, 0.29) is 6.10 Å². The van der Waals surface area contributed by atoms with Crippen LogP contribution in [0.5, 0.6) is 5.75 Å². The number of hydrogen-bond donors (Lipinski definition) is 2. The second-order valence-electron chi connectivity index (χ2n) is 7.95. The first kappa shape index (κ1) is 21.4. The lowest BCUT2D eigenvalue weighted by molar-refractivity contribution is -0.137. The van der Waals surface area contributed by atoms with E-state index >= 15 is 0 Å². The Morgan fingerprint density at radius 1 is 1.20 bits per heavy atom. The summed E-state index contributed by atoms with van der Waals surface area (Å²) in [5, 5.41) is 5.45. The van der Waals surface area contributed by atoms with Gasteiger partial charge in [0, 0.05) is 22.9 Å². The molecule has 3 rings (SSSR count). The SMILES string of the molecule is COc1cc(NC(=O)C(=O)NC(C)(C)Cc2ccccc2C)ccc1C1CN=CO1. The van der Waals surface area contributed by atoms with Gasteiger partial charge in [0.25, 0.3) is 0 Å². The molecule has 1 aliphatic rings. The number of amides is 2. The Hall–Kier alpha value is -3.35. The monoisotopic (exact) mass is 409 g/mol. The van der Waals surface area contributed by atoms with Gasteiger partial charge in [0.05, 0.1) is 13.7 Å². The Morgan fingerprint density at radius 2 is 1.97 bits per heavy atom. The van der Waals surface area contributed by atoms with E-state index in [9.17, 15) is 9.59 Å². The maximum absolute atomic E-state index is 12.5. The summed E-state index contributed by atoms with van der Waals surface area (Å²) in [6.45, 7) is 6.33. The van der Waals surface area contributed by atoms with Gasteiger partial charge < -0.3 is 20.1 Å². The quantitative estimate of drug-likeness (QED) is 0.717. The number of nitrogens with one attached hydrogen (secondary N) is 2. The minimum absolute atomic E-state index is 0.213. The van der Waals surface area contributed by atoms with Crippen molar-refractivity contribution < 1.29 is 19.1 Å². The highest BCUT2D eigenvalue weighted by Gasteiger charge is 2.26. The molecule has 0 aromatic heterocycles. The van der Waals surface area contributed by atoms with Crippen molar-refractivity contribution in [3.8, 4) is 5.75 Å². The summed E-state index contributed by atoms with van der Waals surface area (Å²) in [5.74, 6) is -0.865. The first-order valence-electron chi connectivity index (χ1n) is 9.79. The molecule has 2 aromatic rings. The molecule has 0 radical (unpaired) electrons. The van der Waals surface area contributed by atoms with Crippen LogP contribution in [-0.2, 0) is 20.7 Å². The highest BCUT2D eigenvalue weighted by Crippen LogP contribution is 2.32. The fraction of sp³-hybridized carbons (Fsp3) is 0.348. The van der Waals surface area contributed by atoms with E-state index in [4.69, 9.17) is 9.47 Å². The molecule has 0 saturated heterocycles. The van der Waals surface area contributed by atoms with E-state index in [1.807, 2.05) is 45.0 Å². The summed E-state index contributed by atoms with van der Waals surface area (Å²) in [6.07, 6.45) is 1.82. The molecule has 1 unspecified atom stereocenters. The molecule has 0 bridgehead atoms. The summed E-state index contributed by atoms with van der Waals surface area (Å²) in [5.41, 5.74) is 2.99. The van der Waals surface area contributed by atoms with Gasteiger partial charge in [-0.25, -0.2) is 0 Å². The molecule has 158 valence electrons. The van der Waals surface area contributed by atoms with E-state index in [0.29, 0.717) is 24.4 Å². The van der Waals surface area contributed by atoms with Crippen LogP contribution in [0.3, 0.4) is 0 Å². The van der Waals surface area contributed by atoms with E-state index in [2.05, 4.69) is 15.6 Å². The zero-order valence-electron chi connectivity index (χ0n) is 17.7. The zero-order valence-corrected chi connectivity index (χ0v) is 17.7. The van der Waals surface area contributed by atoms with Crippen molar-refractivity contribution in [2.24, 2.45) is 4.99 Å². The Bertz CT molecular complexity index is 961. The van der Waals surface area contributed by atoms with Crippen LogP contribution in [0.4, 0.5) is 5.69 Å². The number of ether oxygens (including phenoxy) is 2. The number of anilines is 1. The maximum atomic E-state index is 12.5. The van der Waals surface area contributed by atoms with Gasteiger partial charge in [-0.05, 0) is 50.5 Å². The maximum Gasteiger partial charge on any atom is 0.313 e. The van der Waals surface area contributed by atoms with Gasteiger partial charge in [-0.3, -0.25) is 14.6 Å². The molecule has 30 heavy (non-hydrogen) atoms. The lowest BCUT2D eigenvalue weighted by atomic mass is 9.92. The van der Waals surface area contributed by atoms with Crippen molar-refractivity contribution in [2.45, 2.75) is 38.8 Å². The smallest absolute Gasteiger partial charge is 0.313 e. The predicted molar refractivity (Wildman–Crippen MR) is 116 cm³/mol. The molecular weight excluding hydrogens is 382 g/mol. The standard InChI is InChI=1S/C23H27N3O4/c1-15-7-5-6-8-16(15)12-23(2,3)26-22(28)21(27)25-17-9-10-18(19(11-17)29-4)20-13-24-14-30-20/h5-11,14,20H,12-13H2,1-4H3,(H,25,27)(H,26,28). The Balaban J connectivity index is 1.63. The summed E-state index contributed by atoms with van der Waals surface area (Å²) in [7, 11) is 1.54. The first-order chi connectivity index (χ1) is 14.3. The van der Waals surface area contributed by atoms with Gasteiger partial charge >= 0.3 is 11.8 Å². The Kier molecular flexibility index (Phi) is 6.40. The number of hydrogen-bond acceptors (Lipinski definition) is 5. The Morgan fingerprint density at radius 3 is 2.63 bits per heavy atom. The topological polar surface area (TPSA) is 89.0 Å². The van der Waals surface area contributed by atoms with Crippen LogP contribution in [-0.4, -0.2) is 37.4 Å². The van der Waals surface area contributed by atoms with Gasteiger partial charge in [0.2, 0.25) is 0 Å². The minimum atomic E-state index is -0.733. The van der Waals surface area contributed by atoms with Gasteiger partial charge in [0.15, 0.2) is 6.40 Å². The van der Waals surface area contributed by atoms with Gasteiger partial charge in [-0.1, -0.05) is 24.3 Å². The van der Waals surface area contributed by atoms with Crippen LogP contribution in [0.1, 0.15) is 36.6 Å².